The fraction of sp³-hybridized carbons (Fsp3) is 0.300. The van der Waals surface area contributed by atoms with Gasteiger partial charge in [-0.05, 0) is 28.9 Å². The molecule has 1 aromatic rings. The number of anilines is 1. The van der Waals surface area contributed by atoms with Crippen molar-refractivity contribution in [3.63, 3.8) is 0 Å². The van der Waals surface area contributed by atoms with Crippen molar-refractivity contribution in [3.8, 4) is 12.3 Å². The second kappa shape index (κ2) is 4.74. The first kappa shape index (κ1) is 12.8. The standard InChI is InChI=1S/C10H8BrF3N2/c1-3-6(2)16-9-8(10(12,13)14)4-7(11)5-15-9/h1,4-6H,2H3,(H,15,16). The number of nitrogens with one attached hydrogen (secondary N) is 1. The van der Waals surface area contributed by atoms with Gasteiger partial charge in [-0.2, -0.15) is 13.2 Å². The molecule has 0 aliphatic heterocycles. The van der Waals surface area contributed by atoms with Gasteiger partial charge in [0.25, 0.3) is 0 Å². The van der Waals surface area contributed by atoms with Crippen LogP contribution in [0.4, 0.5) is 19.0 Å². The number of hydrogen-bond donors (Lipinski definition) is 1. The minimum atomic E-state index is -4.46. The molecule has 0 fully saturated rings. The smallest absolute Gasteiger partial charge is 0.356 e. The summed E-state index contributed by atoms with van der Waals surface area (Å²) in [5, 5.41) is 2.51. The van der Waals surface area contributed by atoms with E-state index in [0.717, 1.165) is 6.07 Å². The molecule has 86 valence electrons. The molecule has 0 bridgehead atoms. The molecule has 2 nitrogen and oxygen atoms in total. The van der Waals surface area contributed by atoms with Crippen molar-refractivity contribution in [2.75, 3.05) is 5.32 Å². The predicted octanol–water partition coefficient (Wildman–Crippen LogP) is 3.30. The van der Waals surface area contributed by atoms with Crippen LogP contribution in [0.5, 0.6) is 0 Å². The molecule has 1 aromatic heterocycles. The molecule has 1 heterocycles. The van der Waals surface area contributed by atoms with E-state index in [1.807, 2.05) is 0 Å². The highest BCUT2D eigenvalue weighted by molar-refractivity contribution is 9.10. The van der Waals surface area contributed by atoms with Crippen molar-refractivity contribution in [1.29, 1.82) is 0 Å². The van der Waals surface area contributed by atoms with E-state index in [9.17, 15) is 13.2 Å². The zero-order valence-electron chi connectivity index (χ0n) is 8.27. The maximum Gasteiger partial charge on any atom is 0.419 e. The molecule has 0 saturated heterocycles. The lowest BCUT2D eigenvalue weighted by atomic mass is 10.2. The lowest BCUT2D eigenvalue weighted by Gasteiger charge is -2.15. The van der Waals surface area contributed by atoms with Crippen LogP contribution < -0.4 is 5.32 Å². The topological polar surface area (TPSA) is 24.9 Å². The van der Waals surface area contributed by atoms with Gasteiger partial charge in [0.05, 0.1) is 11.6 Å². The molecule has 16 heavy (non-hydrogen) atoms. The van der Waals surface area contributed by atoms with Crippen LogP contribution in [-0.2, 0) is 6.18 Å². The second-order valence-electron chi connectivity index (χ2n) is 3.08. The van der Waals surface area contributed by atoms with E-state index in [1.165, 1.54) is 6.20 Å². The summed E-state index contributed by atoms with van der Waals surface area (Å²) < 4.78 is 38.2. The van der Waals surface area contributed by atoms with Crippen LogP contribution in [0, 0.1) is 12.3 Å². The highest BCUT2D eigenvalue weighted by Gasteiger charge is 2.34. The van der Waals surface area contributed by atoms with E-state index in [4.69, 9.17) is 6.42 Å². The number of rotatable bonds is 2. The van der Waals surface area contributed by atoms with Gasteiger partial charge in [-0.1, -0.05) is 5.92 Å². The first-order chi connectivity index (χ1) is 7.34. The fourth-order valence-electron chi connectivity index (χ4n) is 1.02. The summed E-state index contributed by atoms with van der Waals surface area (Å²) in [4.78, 5) is 3.66. The SMILES string of the molecule is C#CC(C)Nc1ncc(Br)cc1C(F)(F)F. The van der Waals surface area contributed by atoms with Crippen molar-refractivity contribution < 1.29 is 13.2 Å². The van der Waals surface area contributed by atoms with Crippen LogP contribution in [0.3, 0.4) is 0 Å². The Morgan fingerprint density at radius 3 is 2.69 bits per heavy atom. The Morgan fingerprint density at radius 1 is 1.56 bits per heavy atom. The number of hydrogen-bond acceptors (Lipinski definition) is 2. The molecule has 0 spiro atoms. The third-order valence-corrected chi connectivity index (χ3v) is 2.20. The van der Waals surface area contributed by atoms with Crippen molar-refractivity contribution >= 4 is 21.7 Å². The van der Waals surface area contributed by atoms with E-state index < -0.39 is 17.8 Å². The summed E-state index contributed by atoms with van der Waals surface area (Å²) in [6, 6.07) is 0.438. The number of halogens is 4. The van der Waals surface area contributed by atoms with Gasteiger partial charge in [0.2, 0.25) is 0 Å². The Hall–Kier alpha value is -1.22. The number of nitrogens with zero attached hydrogens (tertiary/aromatic N) is 1. The van der Waals surface area contributed by atoms with Gasteiger partial charge in [0.15, 0.2) is 0 Å². The summed E-state index contributed by atoms with van der Waals surface area (Å²) in [5.41, 5.74) is -0.844. The highest BCUT2D eigenvalue weighted by atomic mass is 79.9. The van der Waals surface area contributed by atoms with Gasteiger partial charge in [-0.3, -0.25) is 0 Å². The van der Waals surface area contributed by atoms with Crippen molar-refractivity contribution in [1.82, 2.24) is 4.98 Å². The molecule has 0 aliphatic carbocycles. The van der Waals surface area contributed by atoms with Crippen LogP contribution >= 0.6 is 15.9 Å². The molecule has 0 aromatic carbocycles. The van der Waals surface area contributed by atoms with Gasteiger partial charge < -0.3 is 5.32 Å². The zero-order chi connectivity index (χ0) is 12.3. The molecule has 0 aliphatic rings. The van der Waals surface area contributed by atoms with E-state index in [0.29, 0.717) is 0 Å². The molecule has 1 rings (SSSR count). The average Bonchev–Trinajstić information content (AvgIpc) is 2.19. The molecule has 0 amide bonds. The lowest BCUT2D eigenvalue weighted by molar-refractivity contribution is -0.137. The van der Waals surface area contributed by atoms with Crippen LogP contribution in [0.25, 0.3) is 0 Å². The van der Waals surface area contributed by atoms with E-state index in [1.54, 1.807) is 6.92 Å². The number of aromatic nitrogens is 1. The zero-order valence-corrected chi connectivity index (χ0v) is 9.85. The number of alkyl halides is 3. The maximum atomic E-state index is 12.6. The molecule has 1 unspecified atom stereocenters. The second-order valence-corrected chi connectivity index (χ2v) is 4.00. The molecule has 1 atom stereocenters. The quantitative estimate of drug-likeness (QED) is 0.846. The van der Waals surface area contributed by atoms with Crippen LogP contribution in [0.1, 0.15) is 12.5 Å². The minimum absolute atomic E-state index is 0.263. The van der Waals surface area contributed by atoms with Crippen molar-refractivity contribution in [2.45, 2.75) is 19.1 Å². The molecule has 0 radical (unpaired) electrons. The maximum absolute atomic E-state index is 12.6. The third kappa shape index (κ3) is 3.14. The summed E-state index contributed by atoms with van der Waals surface area (Å²) in [6.45, 7) is 1.57. The first-order valence-electron chi connectivity index (χ1n) is 4.30. The summed E-state index contributed by atoms with van der Waals surface area (Å²) >= 11 is 2.94. The van der Waals surface area contributed by atoms with E-state index >= 15 is 0 Å². The van der Waals surface area contributed by atoms with Gasteiger partial charge in [-0.25, -0.2) is 4.98 Å². The largest absolute Gasteiger partial charge is 0.419 e. The van der Waals surface area contributed by atoms with Crippen LogP contribution in [-0.4, -0.2) is 11.0 Å². The highest BCUT2D eigenvalue weighted by Crippen LogP contribution is 2.35. The Balaban J connectivity index is 3.14. The fourth-order valence-corrected chi connectivity index (χ4v) is 1.35. The molecular formula is C10H8BrF3N2. The number of terminal acetylenes is 1. The molecule has 0 saturated carbocycles. The van der Waals surface area contributed by atoms with E-state index in [2.05, 4.69) is 32.2 Å². The molecular weight excluding hydrogens is 285 g/mol. The Morgan fingerprint density at radius 2 is 2.19 bits per heavy atom. The van der Waals surface area contributed by atoms with Gasteiger partial charge >= 0.3 is 6.18 Å². The first-order valence-corrected chi connectivity index (χ1v) is 5.09. The Bertz CT molecular complexity index is 423. The lowest BCUT2D eigenvalue weighted by Crippen LogP contribution is -2.18. The molecule has 1 N–H and O–H groups in total. The number of pyridine rings is 1. The van der Waals surface area contributed by atoms with Gasteiger partial charge in [0, 0.05) is 10.7 Å². The molecule has 6 heteroatoms. The average molecular weight is 293 g/mol. The van der Waals surface area contributed by atoms with Crippen LogP contribution in [0.2, 0.25) is 0 Å². The summed E-state index contributed by atoms with van der Waals surface area (Å²) in [7, 11) is 0. The normalized spacial score (nSPS) is 13.0. The van der Waals surface area contributed by atoms with Crippen LogP contribution in [0.15, 0.2) is 16.7 Å². The van der Waals surface area contributed by atoms with Gasteiger partial charge in [0.1, 0.15) is 5.82 Å². The minimum Gasteiger partial charge on any atom is -0.356 e. The van der Waals surface area contributed by atoms with Crippen molar-refractivity contribution in [2.24, 2.45) is 0 Å². The van der Waals surface area contributed by atoms with E-state index in [-0.39, 0.29) is 10.3 Å². The summed E-state index contributed by atoms with van der Waals surface area (Å²) in [6.07, 6.45) is 1.89. The Kier molecular flexibility index (Phi) is 3.81. The monoisotopic (exact) mass is 292 g/mol. The summed E-state index contributed by atoms with van der Waals surface area (Å²) in [5.74, 6) is 2.01. The van der Waals surface area contributed by atoms with Crippen molar-refractivity contribution in [3.05, 3.63) is 22.3 Å². The third-order valence-electron chi connectivity index (χ3n) is 1.76. The Labute approximate surface area is 99.4 Å². The predicted molar refractivity (Wildman–Crippen MR) is 58.9 cm³/mol. The van der Waals surface area contributed by atoms with Gasteiger partial charge in [-0.15, -0.1) is 6.42 Å².